The molecule has 2 aromatic heterocycles. The Morgan fingerprint density at radius 1 is 1.04 bits per heavy atom. The molecule has 1 fully saturated rings. The molecule has 6 heteroatoms. The van der Waals surface area contributed by atoms with E-state index in [0.29, 0.717) is 5.65 Å². The summed E-state index contributed by atoms with van der Waals surface area (Å²) in [4.78, 5) is 14.4. The van der Waals surface area contributed by atoms with E-state index in [9.17, 15) is 0 Å². The van der Waals surface area contributed by atoms with Gasteiger partial charge in [-0.1, -0.05) is 12.1 Å². The maximum atomic E-state index is 5.87. The van der Waals surface area contributed by atoms with Crippen molar-refractivity contribution >= 4 is 22.3 Å². The Morgan fingerprint density at radius 2 is 1.81 bits per heavy atom. The van der Waals surface area contributed by atoms with Crippen molar-refractivity contribution < 1.29 is 9.47 Å². The van der Waals surface area contributed by atoms with E-state index >= 15 is 0 Å². The second-order valence-electron chi connectivity index (χ2n) is 6.77. The lowest BCUT2D eigenvalue weighted by Gasteiger charge is -2.14. The molecule has 6 nitrogen and oxygen atoms in total. The van der Waals surface area contributed by atoms with Crippen LogP contribution in [0.5, 0.6) is 5.75 Å². The molecule has 3 heterocycles. The van der Waals surface area contributed by atoms with E-state index in [1.807, 2.05) is 48.5 Å². The highest BCUT2D eigenvalue weighted by Crippen LogP contribution is 2.28. The van der Waals surface area contributed by atoms with Gasteiger partial charge in [-0.25, -0.2) is 15.0 Å². The number of rotatable bonds is 4. The minimum Gasteiger partial charge on any atom is -0.497 e. The highest BCUT2D eigenvalue weighted by atomic mass is 16.5. The lowest BCUT2D eigenvalue weighted by molar-refractivity contribution is 0.0981. The molecule has 0 spiro atoms. The number of nitrogens with zero attached hydrogens (tertiary/aromatic N) is 4. The fraction of sp³-hybridized carbons (Fsp3) is 0.286. The van der Waals surface area contributed by atoms with E-state index in [1.54, 1.807) is 7.11 Å². The summed E-state index contributed by atoms with van der Waals surface area (Å²) in [5, 5.41) is 0. The van der Waals surface area contributed by atoms with Gasteiger partial charge in [0.1, 0.15) is 11.6 Å². The number of ether oxygens (including phenoxy) is 2. The van der Waals surface area contributed by atoms with Gasteiger partial charge in [0.15, 0.2) is 11.3 Å². The molecule has 5 rings (SSSR count). The monoisotopic (exact) mass is 360 g/mol. The van der Waals surface area contributed by atoms with Gasteiger partial charge in [-0.2, -0.15) is 0 Å². The van der Waals surface area contributed by atoms with E-state index in [1.165, 1.54) is 0 Å². The molecule has 136 valence electrons. The van der Waals surface area contributed by atoms with Gasteiger partial charge < -0.3 is 14.0 Å². The predicted molar refractivity (Wildman–Crippen MR) is 104 cm³/mol. The summed E-state index contributed by atoms with van der Waals surface area (Å²) in [5.41, 5.74) is 4.21. The van der Waals surface area contributed by atoms with Crippen LogP contribution < -0.4 is 4.74 Å². The maximum absolute atomic E-state index is 5.87. The quantitative estimate of drug-likeness (QED) is 0.553. The summed E-state index contributed by atoms with van der Waals surface area (Å²) in [5.74, 6) is 1.68. The van der Waals surface area contributed by atoms with Crippen LogP contribution in [0.4, 0.5) is 0 Å². The molecule has 27 heavy (non-hydrogen) atoms. The first-order valence-electron chi connectivity index (χ1n) is 9.21. The number of imidazole rings is 1. The number of benzene rings is 2. The van der Waals surface area contributed by atoms with Crippen LogP contribution in [0.3, 0.4) is 0 Å². The lowest BCUT2D eigenvalue weighted by atomic mass is 10.2. The fourth-order valence-corrected chi connectivity index (χ4v) is 3.62. The molecule has 0 aliphatic carbocycles. The third-order valence-electron chi connectivity index (χ3n) is 5.02. The average Bonchev–Trinajstić information content (AvgIpc) is 3.35. The Balaban J connectivity index is 1.69. The van der Waals surface area contributed by atoms with Gasteiger partial charge in [-0.3, -0.25) is 0 Å². The summed E-state index contributed by atoms with van der Waals surface area (Å²) in [6.45, 7) is 1.55. The maximum Gasteiger partial charge on any atom is 0.198 e. The van der Waals surface area contributed by atoms with Crippen molar-refractivity contribution in [2.45, 2.75) is 25.5 Å². The Morgan fingerprint density at radius 3 is 2.52 bits per heavy atom. The molecule has 0 N–H and O–H groups in total. The zero-order valence-corrected chi connectivity index (χ0v) is 15.1. The van der Waals surface area contributed by atoms with Crippen LogP contribution in [0.1, 0.15) is 12.8 Å². The van der Waals surface area contributed by atoms with Crippen molar-refractivity contribution in [3.63, 3.8) is 0 Å². The number of aromatic nitrogens is 4. The smallest absolute Gasteiger partial charge is 0.198 e. The highest BCUT2D eigenvalue weighted by Gasteiger charge is 2.22. The van der Waals surface area contributed by atoms with E-state index < -0.39 is 0 Å². The second-order valence-corrected chi connectivity index (χ2v) is 6.77. The number of hydrogen-bond acceptors (Lipinski definition) is 5. The zero-order valence-electron chi connectivity index (χ0n) is 15.1. The van der Waals surface area contributed by atoms with Gasteiger partial charge in [0.25, 0.3) is 0 Å². The molecule has 2 aromatic carbocycles. The first-order valence-corrected chi connectivity index (χ1v) is 9.21. The molecule has 1 aliphatic rings. The van der Waals surface area contributed by atoms with Crippen molar-refractivity contribution in [3.05, 3.63) is 48.5 Å². The first-order chi connectivity index (χ1) is 13.3. The van der Waals surface area contributed by atoms with E-state index in [4.69, 9.17) is 24.4 Å². The van der Waals surface area contributed by atoms with Crippen molar-refractivity contribution in [2.75, 3.05) is 13.7 Å². The van der Waals surface area contributed by atoms with Gasteiger partial charge in [0, 0.05) is 12.2 Å². The largest absolute Gasteiger partial charge is 0.497 e. The molecular formula is C21H20N4O2. The molecule has 1 saturated heterocycles. The molecule has 1 aliphatic heterocycles. The molecule has 0 amide bonds. The summed E-state index contributed by atoms with van der Waals surface area (Å²) < 4.78 is 13.3. The number of methoxy groups -OCH3 is 1. The van der Waals surface area contributed by atoms with Crippen LogP contribution in [0.15, 0.2) is 48.5 Å². The number of para-hydroxylation sites is 2. The molecule has 0 saturated carbocycles. The third-order valence-corrected chi connectivity index (χ3v) is 5.02. The predicted octanol–water partition coefficient (Wildman–Crippen LogP) is 3.83. The van der Waals surface area contributed by atoms with Crippen LogP contribution in [-0.2, 0) is 11.3 Å². The van der Waals surface area contributed by atoms with Gasteiger partial charge >= 0.3 is 0 Å². The number of fused-ring (bicyclic) bond motifs is 2. The molecule has 4 aromatic rings. The van der Waals surface area contributed by atoms with E-state index in [2.05, 4.69) is 4.57 Å². The normalized spacial score (nSPS) is 17.0. The van der Waals surface area contributed by atoms with Crippen molar-refractivity contribution in [2.24, 2.45) is 0 Å². The summed E-state index contributed by atoms with van der Waals surface area (Å²) >= 11 is 0. The van der Waals surface area contributed by atoms with Gasteiger partial charge in [0.05, 0.1) is 30.8 Å². The van der Waals surface area contributed by atoms with E-state index in [0.717, 1.165) is 59.8 Å². The zero-order chi connectivity index (χ0) is 18.2. The van der Waals surface area contributed by atoms with Crippen LogP contribution in [0.25, 0.3) is 33.7 Å². The van der Waals surface area contributed by atoms with Crippen molar-refractivity contribution in [1.29, 1.82) is 0 Å². The molecule has 0 radical (unpaired) electrons. The molecular weight excluding hydrogens is 340 g/mol. The second kappa shape index (κ2) is 6.63. The average molecular weight is 360 g/mol. The summed E-state index contributed by atoms with van der Waals surface area (Å²) in [6, 6.07) is 15.8. The highest BCUT2D eigenvalue weighted by molar-refractivity contribution is 5.84. The first kappa shape index (κ1) is 16.2. The summed E-state index contributed by atoms with van der Waals surface area (Å²) in [6.07, 6.45) is 2.35. The van der Waals surface area contributed by atoms with Gasteiger partial charge in [0.2, 0.25) is 0 Å². The van der Waals surface area contributed by atoms with Crippen LogP contribution >= 0.6 is 0 Å². The lowest BCUT2D eigenvalue weighted by Crippen LogP contribution is -2.16. The summed E-state index contributed by atoms with van der Waals surface area (Å²) in [7, 11) is 1.67. The Hall–Kier alpha value is -2.99. The number of hydrogen-bond donors (Lipinski definition) is 0. The minimum atomic E-state index is 0.188. The van der Waals surface area contributed by atoms with Crippen molar-refractivity contribution in [3.8, 4) is 17.1 Å². The third kappa shape index (κ3) is 2.92. The van der Waals surface area contributed by atoms with Crippen LogP contribution in [0.2, 0.25) is 0 Å². The molecule has 0 bridgehead atoms. The standard InChI is InChI=1S/C21H20N4O2/c1-26-15-10-8-14(9-11-15)20-24-19-21(25(20)13-16-5-4-12-27-16)23-18-7-3-2-6-17(18)22-19/h2-3,6-11,16H,4-5,12-13H2,1H3/t16-/m0/s1. The minimum absolute atomic E-state index is 0.188. The van der Waals surface area contributed by atoms with Crippen molar-refractivity contribution in [1.82, 2.24) is 19.5 Å². The Bertz CT molecular complexity index is 1100. The van der Waals surface area contributed by atoms with Gasteiger partial charge in [-0.15, -0.1) is 0 Å². The van der Waals surface area contributed by atoms with E-state index in [-0.39, 0.29) is 6.10 Å². The Labute approximate surface area is 156 Å². The Kier molecular flexibility index (Phi) is 3.98. The fourth-order valence-electron chi connectivity index (χ4n) is 3.62. The topological polar surface area (TPSA) is 62.1 Å². The van der Waals surface area contributed by atoms with Gasteiger partial charge in [-0.05, 0) is 49.2 Å². The van der Waals surface area contributed by atoms with Crippen LogP contribution in [-0.4, -0.2) is 39.3 Å². The SMILES string of the molecule is COc1ccc(-c2nc3nc4ccccc4nc3n2C[C@@H]2CCCO2)cc1. The molecule has 0 unspecified atom stereocenters. The van der Waals surface area contributed by atoms with Crippen LogP contribution in [0, 0.1) is 0 Å². The molecule has 1 atom stereocenters.